The molecule has 5 rings (SSSR count). The summed E-state index contributed by atoms with van der Waals surface area (Å²) in [6.45, 7) is 4.03. The van der Waals surface area contributed by atoms with Gasteiger partial charge in [0.15, 0.2) is 5.78 Å². The molecule has 1 fully saturated rings. The van der Waals surface area contributed by atoms with E-state index in [-0.39, 0.29) is 18.1 Å². The smallest absolute Gasteiger partial charge is 0.226 e. The SMILES string of the molecule is CCc1cccc(-n2nc(C)c3c2NC(=O)C[C@@H]3C(=O)c2ccc(C3CCCCC3)cc2)c1. The van der Waals surface area contributed by atoms with E-state index < -0.39 is 5.92 Å². The molecule has 2 heterocycles. The van der Waals surface area contributed by atoms with Crippen molar-refractivity contribution >= 4 is 17.5 Å². The molecule has 1 N–H and O–H groups in total. The number of benzene rings is 2. The summed E-state index contributed by atoms with van der Waals surface area (Å²) in [5, 5.41) is 7.71. The third-order valence-electron chi connectivity index (χ3n) is 7.25. The summed E-state index contributed by atoms with van der Waals surface area (Å²) < 4.78 is 1.77. The van der Waals surface area contributed by atoms with E-state index >= 15 is 0 Å². The van der Waals surface area contributed by atoms with E-state index in [4.69, 9.17) is 5.10 Å². The van der Waals surface area contributed by atoms with Crippen molar-refractivity contribution in [3.63, 3.8) is 0 Å². The second-order valence-corrected chi connectivity index (χ2v) is 9.41. The van der Waals surface area contributed by atoms with Crippen molar-refractivity contribution in [1.29, 1.82) is 0 Å². The van der Waals surface area contributed by atoms with Crippen LogP contribution in [-0.4, -0.2) is 21.5 Å². The van der Waals surface area contributed by atoms with Crippen molar-refractivity contribution in [1.82, 2.24) is 9.78 Å². The van der Waals surface area contributed by atoms with Crippen LogP contribution in [0.5, 0.6) is 0 Å². The molecule has 1 amide bonds. The van der Waals surface area contributed by atoms with Crippen LogP contribution in [0.1, 0.15) is 90.0 Å². The van der Waals surface area contributed by atoms with E-state index in [0.29, 0.717) is 17.3 Å². The predicted molar refractivity (Wildman–Crippen MR) is 130 cm³/mol. The lowest BCUT2D eigenvalue weighted by molar-refractivity contribution is -0.116. The van der Waals surface area contributed by atoms with Gasteiger partial charge in [-0.15, -0.1) is 0 Å². The number of nitrogens with zero attached hydrogens (tertiary/aromatic N) is 2. The molecule has 5 nitrogen and oxygen atoms in total. The van der Waals surface area contributed by atoms with Gasteiger partial charge in [-0.25, -0.2) is 4.68 Å². The average Bonchev–Trinajstić information content (AvgIpc) is 3.19. The van der Waals surface area contributed by atoms with Gasteiger partial charge < -0.3 is 5.32 Å². The van der Waals surface area contributed by atoms with Gasteiger partial charge in [0.05, 0.1) is 17.3 Å². The van der Waals surface area contributed by atoms with E-state index in [1.54, 1.807) is 4.68 Å². The van der Waals surface area contributed by atoms with Crippen molar-refractivity contribution in [2.24, 2.45) is 0 Å². The maximum absolute atomic E-state index is 13.6. The highest BCUT2D eigenvalue weighted by molar-refractivity contribution is 6.08. The molecular weight excluding hydrogens is 410 g/mol. The van der Waals surface area contributed by atoms with Crippen LogP contribution in [0.15, 0.2) is 48.5 Å². The van der Waals surface area contributed by atoms with Crippen LogP contribution in [-0.2, 0) is 11.2 Å². The van der Waals surface area contributed by atoms with Crippen LogP contribution in [0.25, 0.3) is 5.69 Å². The first kappa shape index (κ1) is 21.6. The lowest BCUT2D eigenvalue weighted by Gasteiger charge is -2.24. The maximum Gasteiger partial charge on any atom is 0.226 e. The zero-order valence-corrected chi connectivity index (χ0v) is 19.4. The molecule has 1 saturated carbocycles. The summed E-state index contributed by atoms with van der Waals surface area (Å²) in [5.74, 6) is 0.555. The van der Waals surface area contributed by atoms with Gasteiger partial charge in [0.1, 0.15) is 5.82 Å². The number of carbonyl (C=O) groups is 2. The number of aromatic nitrogens is 2. The zero-order valence-electron chi connectivity index (χ0n) is 19.4. The minimum absolute atomic E-state index is 0.00810. The molecule has 2 aliphatic rings. The molecule has 1 atom stereocenters. The van der Waals surface area contributed by atoms with Crippen LogP contribution in [0, 0.1) is 6.92 Å². The molecule has 1 aromatic heterocycles. The number of ketones is 1. The van der Waals surface area contributed by atoms with Crippen molar-refractivity contribution in [3.8, 4) is 5.69 Å². The number of hydrogen-bond donors (Lipinski definition) is 1. The molecule has 170 valence electrons. The summed E-state index contributed by atoms with van der Waals surface area (Å²) in [6, 6.07) is 16.2. The summed E-state index contributed by atoms with van der Waals surface area (Å²) in [6.07, 6.45) is 7.44. The zero-order chi connectivity index (χ0) is 22.9. The van der Waals surface area contributed by atoms with Gasteiger partial charge in [-0.3, -0.25) is 9.59 Å². The standard InChI is InChI=1S/C28H31N3O2/c1-3-19-8-7-11-23(16-19)31-28-26(18(2)30-31)24(17-25(32)29-28)27(33)22-14-12-21(13-15-22)20-9-5-4-6-10-20/h7-8,11-16,20,24H,3-6,9-10,17H2,1-2H3,(H,29,32)/t24-/m0/s1. The third kappa shape index (κ3) is 4.12. The number of hydrogen-bond acceptors (Lipinski definition) is 3. The molecule has 3 aromatic rings. The second kappa shape index (κ2) is 8.97. The highest BCUT2D eigenvalue weighted by atomic mass is 16.2. The fourth-order valence-electron chi connectivity index (χ4n) is 5.42. The Morgan fingerprint density at radius 2 is 1.85 bits per heavy atom. The molecular formula is C28H31N3O2. The van der Waals surface area contributed by atoms with Crippen molar-refractivity contribution < 1.29 is 9.59 Å². The Labute approximate surface area is 195 Å². The van der Waals surface area contributed by atoms with Gasteiger partial charge in [-0.2, -0.15) is 5.10 Å². The predicted octanol–water partition coefficient (Wildman–Crippen LogP) is 6.10. The van der Waals surface area contributed by atoms with Gasteiger partial charge >= 0.3 is 0 Å². The molecule has 0 unspecified atom stereocenters. The highest BCUT2D eigenvalue weighted by Gasteiger charge is 2.36. The van der Waals surface area contributed by atoms with Gasteiger partial charge in [0, 0.05) is 17.5 Å². The maximum atomic E-state index is 13.6. The molecule has 1 aliphatic heterocycles. The molecule has 33 heavy (non-hydrogen) atoms. The second-order valence-electron chi connectivity index (χ2n) is 9.41. The Balaban J connectivity index is 1.47. The lowest BCUT2D eigenvalue weighted by atomic mass is 9.82. The Morgan fingerprint density at radius 3 is 2.58 bits per heavy atom. The van der Waals surface area contributed by atoms with Gasteiger partial charge in [0.2, 0.25) is 5.91 Å². The molecule has 5 heteroatoms. The first-order valence-electron chi connectivity index (χ1n) is 12.2. The summed E-state index contributed by atoms with van der Waals surface area (Å²) >= 11 is 0. The molecule has 2 aromatic carbocycles. The van der Waals surface area contributed by atoms with Gasteiger partial charge in [-0.05, 0) is 55.4 Å². The summed E-state index contributed by atoms with van der Waals surface area (Å²) in [7, 11) is 0. The number of aryl methyl sites for hydroxylation is 2. The number of rotatable bonds is 5. The van der Waals surface area contributed by atoms with Crippen molar-refractivity contribution in [2.45, 2.75) is 70.6 Å². The first-order valence-corrected chi connectivity index (χ1v) is 12.2. The van der Waals surface area contributed by atoms with E-state index in [9.17, 15) is 9.59 Å². The Hall–Kier alpha value is -3.21. The summed E-state index contributed by atoms with van der Waals surface area (Å²) in [5.41, 5.74) is 5.70. The Bertz CT molecular complexity index is 1190. The molecule has 0 radical (unpaired) electrons. The molecule has 0 spiro atoms. The molecule has 0 bridgehead atoms. The minimum atomic E-state index is -0.516. The van der Waals surface area contributed by atoms with Crippen LogP contribution >= 0.6 is 0 Å². The molecule has 0 saturated heterocycles. The normalized spacial score (nSPS) is 18.6. The van der Waals surface area contributed by atoms with Gasteiger partial charge in [0.25, 0.3) is 0 Å². The topological polar surface area (TPSA) is 64.0 Å². The van der Waals surface area contributed by atoms with Crippen LogP contribution in [0.2, 0.25) is 0 Å². The van der Waals surface area contributed by atoms with Crippen molar-refractivity contribution in [3.05, 3.63) is 76.5 Å². The number of fused-ring (bicyclic) bond motifs is 1. The van der Waals surface area contributed by atoms with Crippen LogP contribution in [0.4, 0.5) is 5.82 Å². The molecule has 1 aliphatic carbocycles. The minimum Gasteiger partial charge on any atom is -0.310 e. The quantitative estimate of drug-likeness (QED) is 0.487. The number of amides is 1. The monoisotopic (exact) mass is 441 g/mol. The lowest BCUT2D eigenvalue weighted by Crippen LogP contribution is -2.28. The Morgan fingerprint density at radius 1 is 1.09 bits per heavy atom. The largest absolute Gasteiger partial charge is 0.310 e. The van der Waals surface area contributed by atoms with Gasteiger partial charge in [-0.1, -0.05) is 62.6 Å². The summed E-state index contributed by atoms with van der Waals surface area (Å²) in [4.78, 5) is 26.2. The van der Waals surface area contributed by atoms with E-state index in [2.05, 4.69) is 36.5 Å². The van der Waals surface area contributed by atoms with E-state index in [1.165, 1.54) is 43.2 Å². The average molecular weight is 442 g/mol. The van der Waals surface area contributed by atoms with Crippen molar-refractivity contribution in [2.75, 3.05) is 5.32 Å². The van der Waals surface area contributed by atoms with E-state index in [0.717, 1.165) is 23.4 Å². The Kier molecular flexibility index (Phi) is 5.88. The number of Topliss-reactive ketones (excluding diaryl/α,β-unsaturated/α-hetero) is 1. The highest BCUT2D eigenvalue weighted by Crippen LogP contribution is 2.39. The van der Waals surface area contributed by atoms with E-state index in [1.807, 2.05) is 31.2 Å². The fourth-order valence-corrected chi connectivity index (χ4v) is 5.42. The number of anilines is 1. The van der Waals surface area contributed by atoms with Crippen LogP contribution < -0.4 is 5.32 Å². The number of carbonyl (C=O) groups excluding carboxylic acids is 2. The van der Waals surface area contributed by atoms with Crippen LogP contribution in [0.3, 0.4) is 0 Å². The first-order chi connectivity index (χ1) is 16.0. The third-order valence-corrected chi connectivity index (χ3v) is 7.25. The fraction of sp³-hybridized carbons (Fsp3) is 0.393. The number of nitrogens with one attached hydrogen (secondary N) is 1.